The summed E-state index contributed by atoms with van der Waals surface area (Å²) < 4.78 is 5.07. The molecule has 1 aliphatic rings. The molecule has 0 spiro atoms. The van der Waals surface area contributed by atoms with E-state index in [1.165, 1.54) is 6.42 Å². The van der Waals surface area contributed by atoms with E-state index >= 15 is 0 Å². The van der Waals surface area contributed by atoms with Crippen molar-refractivity contribution in [3.63, 3.8) is 0 Å². The lowest BCUT2D eigenvalue weighted by atomic mass is 9.82. The number of carbonyl (C=O) groups excluding carboxylic acids is 1. The van der Waals surface area contributed by atoms with Crippen LogP contribution in [0.25, 0.3) is 0 Å². The summed E-state index contributed by atoms with van der Waals surface area (Å²) >= 11 is 5.23. The predicted molar refractivity (Wildman–Crippen MR) is 63.9 cm³/mol. The molecular weight excluding hydrogens is 210 g/mol. The van der Waals surface area contributed by atoms with Gasteiger partial charge in [0.15, 0.2) is 0 Å². The van der Waals surface area contributed by atoms with Crippen LogP contribution in [-0.4, -0.2) is 16.6 Å². The van der Waals surface area contributed by atoms with Crippen LogP contribution >= 0.6 is 12.2 Å². The number of carbonyl (C=O) groups is 1. The fraction of sp³-hybridized carbons (Fsp3) is 0.818. The molecule has 0 radical (unpaired) electrons. The molecule has 1 saturated carbocycles. The summed E-state index contributed by atoms with van der Waals surface area (Å²) in [5.74, 6) is 0.542. The molecule has 1 aliphatic carbocycles. The van der Waals surface area contributed by atoms with Crippen LogP contribution in [-0.2, 0) is 4.74 Å². The maximum atomic E-state index is 10.7. The van der Waals surface area contributed by atoms with Gasteiger partial charge in [0.2, 0.25) is 0 Å². The molecule has 1 amide bonds. The number of amides is 1. The molecule has 1 fully saturated rings. The first-order chi connectivity index (χ1) is 6.89. The van der Waals surface area contributed by atoms with Crippen molar-refractivity contribution in [1.29, 1.82) is 0 Å². The Kier molecular flexibility index (Phi) is 4.08. The molecule has 0 aromatic heterocycles. The summed E-state index contributed by atoms with van der Waals surface area (Å²) in [6, 6.07) is 0. The maximum absolute atomic E-state index is 10.7. The summed E-state index contributed by atoms with van der Waals surface area (Å²) in [5.41, 5.74) is 4.56. The van der Waals surface area contributed by atoms with Gasteiger partial charge in [-0.1, -0.05) is 12.2 Å². The average molecular weight is 229 g/mol. The van der Waals surface area contributed by atoms with Crippen LogP contribution in [0.5, 0.6) is 0 Å². The highest BCUT2D eigenvalue weighted by Crippen LogP contribution is 2.31. The number of hydrogen-bond donors (Lipinski definition) is 1. The molecule has 3 nitrogen and oxygen atoms in total. The second kappa shape index (κ2) is 4.92. The van der Waals surface area contributed by atoms with Crippen molar-refractivity contribution in [1.82, 2.24) is 0 Å². The zero-order chi connectivity index (χ0) is 11.5. The van der Waals surface area contributed by atoms with Crippen LogP contribution in [0.2, 0.25) is 0 Å². The highest BCUT2D eigenvalue weighted by molar-refractivity contribution is 7.80. The molecule has 0 heterocycles. The van der Waals surface area contributed by atoms with Crippen molar-refractivity contribution >= 4 is 23.2 Å². The van der Waals surface area contributed by atoms with Gasteiger partial charge in [-0.2, -0.15) is 0 Å². The van der Waals surface area contributed by atoms with Gasteiger partial charge in [0, 0.05) is 0 Å². The zero-order valence-corrected chi connectivity index (χ0v) is 10.2. The van der Waals surface area contributed by atoms with E-state index in [9.17, 15) is 4.79 Å². The third-order valence-electron chi connectivity index (χ3n) is 2.74. The molecule has 1 rings (SSSR count). The summed E-state index contributed by atoms with van der Waals surface area (Å²) in [6.07, 6.45) is 4.54. The zero-order valence-electron chi connectivity index (χ0n) is 9.41. The van der Waals surface area contributed by atoms with E-state index in [4.69, 9.17) is 22.7 Å². The first-order valence-electron chi connectivity index (χ1n) is 5.39. The van der Waals surface area contributed by atoms with E-state index in [1.54, 1.807) is 0 Å². The van der Waals surface area contributed by atoms with E-state index < -0.39 is 11.7 Å². The minimum atomic E-state index is -0.696. The molecule has 1 unspecified atom stereocenters. The fourth-order valence-corrected chi connectivity index (χ4v) is 2.68. The molecule has 86 valence electrons. The lowest BCUT2D eigenvalue weighted by molar-refractivity contribution is 0.0255. The molecule has 15 heavy (non-hydrogen) atoms. The lowest BCUT2D eigenvalue weighted by Gasteiger charge is -2.31. The van der Waals surface area contributed by atoms with E-state index in [-0.39, 0.29) is 0 Å². The van der Waals surface area contributed by atoms with Crippen LogP contribution < -0.4 is 5.73 Å². The summed E-state index contributed by atoms with van der Waals surface area (Å²) in [7, 11) is 0. The topological polar surface area (TPSA) is 52.3 Å². The minimum Gasteiger partial charge on any atom is -0.444 e. The first-order valence-corrected chi connectivity index (χ1v) is 5.80. The number of nitrogens with two attached hydrogens (primary N) is 1. The molecule has 0 aliphatic heterocycles. The third kappa shape index (κ3) is 4.60. The predicted octanol–water partition coefficient (Wildman–Crippen LogP) is 2.81. The van der Waals surface area contributed by atoms with Crippen LogP contribution in [0.15, 0.2) is 0 Å². The van der Waals surface area contributed by atoms with Crippen molar-refractivity contribution in [3.05, 3.63) is 0 Å². The van der Waals surface area contributed by atoms with Gasteiger partial charge < -0.3 is 10.5 Å². The Morgan fingerprint density at radius 2 is 2.33 bits per heavy atom. The molecule has 0 saturated heterocycles. The van der Waals surface area contributed by atoms with E-state index in [1.807, 2.05) is 13.8 Å². The van der Waals surface area contributed by atoms with Crippen molar-refractivity contribution in [2.75, 3.05) is 0 Å². The Morgan fingerprint density at radius 1 is 1.67 bits per heavy atom. The van der Waals surface area contributed by atoms with Crippen molar-refractivity contribution < 1.29 is 9.53 Å². The Morgan fingerprint density at radius 3 is 2.87 bits per heavy atom. The van der Waals surface area contributed by atoms with Gasteiger partial charge in [0.1, 0.15) is 5.60 Å². The molecule has 4 heteroatoms. The van der Waals surface area contributed by atoms with Crippen LogP contribution in [0.4, 0.5) is 4.79 Å². The number of ether oxygens (including phenoxy) is 1. The second-order valence-electron chi connectivity index (χ2n) is 4.89. The summed E-state index contributed by atoms with van der Waals surface area (Å²) in [4.78, 5) is 11.8. The second-order valence-corrected chi connectivity index (χ2v) is 5.46. The molecule has 0 aromatic rings. The smallest absolute Gasteiger partial charge is 0.405 e. The van der Waals surface area contributed by atoms with Gasteiger partial charge >= 0.3 is 6.09 Å². The minimum absolute atomic E-state index is 0.469. The Bertz CT molecular complexity index is 263. The maximum Gasteiger partial charge on any atom is 0.405 e. The normalized spacial score (nSPS) is 22.5. The number of rotatable bonds is 3. The highest BCUT2D eigenvalue weighted by atomic mass is 32.1. The number of primary amides is 1. The van der Waals surface area contributed by atoms with Gasteiger partial charge in [0.25, 0.3) is 0 Å². The lowest BCUT2D eigenvalue weighted by Crippen LogP contribution is -2.34. The molecule has 1 atom stereocenters. The Balaban J connectivity index is 2.45. The van der Waals surface area contributed by atoms with E-state index in [2.05, 4.69) is 0 Å². The highest BCUT2D eigenvalue weighted by Gasteiger charge is 2.28. The van der Waals surface area contributed by atoms with Crippen molar-refractivity contribution in [2.24, 2.45) is 11.7 Å². The van der Waals surface area contributed by atoms with E-state index in [0.717, 1.165) is 30.5 Å². The van der Waals surface area contributed by atoms with Gasteiger partial charge in [-0.3, -0.25) is 0 Å². The summed E-state index contributed by atoms with van der Waals surface area (Å²) in [6.45, 7) is 3.80. The van der Waals surface area contributed by atoms with Crippen molar-refractivity contribution in [3.8, 4) is 0 Å². The number of hydrogen-bond acceptors (Lipinski definition) is 3. The van der Waals surface area contributed by atoms with Crippen LogP contribution in [0, 0.1) is 5.92 Å². The fourth-order valence-electron chi connectivity index (χ4n) is 2.30. The SMILES string of the molecule is CC(C)(CC1CCCC(=S)C1)OC(N)=O. The van der Waals surface area contributed by atoms with Gasteiger partial charge in [-0.25, -0.2) is 4.79 Å². The average Bonchev–Trinajstić information content (AvgIpc) is 1.99. The van der Waals surface area contributed by atoms with Crippen molar-refractivity contribution in [2.45, 2.75) is 51.6 Å². The molecular formula is C11H19NO2S. The number of thiocarbonyl (C=S) groups is 1. The monoisotopic (exact) mass is 229 g/mol. The van der Waals surface area contributed by atoms with E-state index in [0.29, 0.717) is 5.92 Å². The Labute approximate surface area is 96.4 Å². The van der Waals surface area contributed by atoms with Crippen LogP contribution in [0.3, 0.4) is 0 Å². The first kappa shape index (κ1) is 12.4. The molecule has 2 N–H and O–H groups in total. The molecule has 0 bridgehead atoms. The largest absolute Gasteiger partial charge is 0.444 e. The standard InChI is InChI=1S/C11H19NO2S/c1-11(2,14-10(12)13)7-8-4-3-5-9(15)6-8/h8H,3-7H2,1-2H3,(H2,12,13). The van der Waals surface area contributed by atoms with Gasteiger partial charge in [-0.05, 0) is 56.7 Å². The quantitative estimate of drug-likeness (QED) is 0.757. The Hall–Kier alpha value is -0.640. The van der Waals surface area contributed by atoms with Gasteiger partial charge in [0.05, 0.1) is 0 Å². The third-order valence-corrected chi connectivity index (χ3v) is 3.11. The van der Waals surface area contributed by atoms with Gasteiger partial charge in [-0.15, -0.1) is 0 Å². The van der Waals surface area contributed by atoms with Crippen LogP contribution in [0.1, 0.15) is 46.0 Å². The summed E-state index contributed by atoms with van der Waals surface area (Å²) in [5, 5.41) is 0. The molecule has 0 aromatic carbocycles.